The second-order valence-electron chi connectivity index (χ2n) is 4.34. The average molecular weight is 193 g/mol. The first-order valence-electron chi connectivity index (χ1n) is 5.51. The molecule has 0 spiro atoms. The van der Waals surface area contributed by atoms with Gasteiger partial charge in [0, 0.05) is 30.4 Å². The van der Waals surface area contributed by atoms with Crippen LogP contribution in [-0.2, 0) is 6.54 Å². The summed E-state index contributed by atoms with van der Waals surface area (Å²) >= 11 is 0. The third-order valence-corrected chi connectivity index (χ3v) is 3.08. The predicted octanol–water partition coefficient (Wildman–Crippen LogP) is 1.74. The lowest BCUT2D eigenvalue weighted by atomic mass is 10.1. The number of rotatable bonds is 4. The van der Waals surface area contributed by atoms with Gasteiger partial charge >= 0.3 is 0 Å². The zero-order valence-electron chi connectivity index (χ0n) is 8.98. The predicted molar refractivity (Wildman–Crippen MR) is 57.0 cm³/mol. The fraction of sp³-hybridized carbons (Fsp3) is 0.727. The summed E-state index contributed by atoms with van der Waals surface area (Å²) < 4.78 is 2.13. The van der Waals surface area contributed by atoms with Crippen molar-refractivity contribution >= 4 is 0 Å². The Kier molecular flexibility index (Phi) is 2.59. The highest BCUT2D eigenvalue weighted by Gasteiger charge is 2.42. The molecule has 1 aromatic heterocycles. The number of hydrogen-bond donors (Lipinski definition) is 1. The molecule has 0 saturated heterocycles. The Morgan fingerprint density at radius 1 is 1.71 bits per heavy atom. The number of nitrogens with zero attached hydrogens (tertiary/aromatic N) is 2. The maximum Gasteiger partial charge on any atom is 0.0492 e. The number of aromatic nitrogens is 2. The smallest absolute Gasteiger partial charge is 0.0492 e. The van der Waals surface area contributed by atoms with Crippen molar-refractivity contribution in [1.82, 2.24) is 9.78 Å². The fourth-order valence-corrected chi connectivity index (χ4v) is 2.19. The highest BCUT2D eigenvalue weighted by atomic mass is 15.3. The maximum atomic E-state index is 5.89. The van der Waals surface area contributed by atoms with Crippen LogP contribution in [0.2, 0.25) is 0 Å². The van der Waals surface area contributed by atoms with Crippen molar-refractivity contribution in [3.8, 4) is 0 Å². The van der Waals surface area contributed by atoms with Crippen LogP contribution in [0.5, 0.6) is 0 Å². The number of nitrogens with two attached hydrogens (primary N) is 1. The van der Waals surface area contributed by atoms with E-state index in [1.54, 1.807) is 0 Å². The van der Waals surface area contributed by atoms with Crippen molar-refractivity contribution in [2.45, 2.75) is 45.2 Å². The van der Waals surface area contributed by atoms with Crippen LogP contribution in [0.1, 0.15) is 38.3 Å². The summed E-state index contributed by atoms with van der Waals surface area (Å²) in [6, 6.07) is 2.47. The van der Waals surface area contributed by atoms with Gasteiger partial charge in [0.05, 0.1) is 0 Å². The normalized spacial score (nSPS) is 27.6. The summed E-state index contributed by atoms with van der Waals surface area (Å²) in [4.78, 5) is 0. The highest BCUT2D eigenvalue weighted by molar-refractivity contribution is 5.18. The molecule has 0 bridgehead atoms. The van der Waals surface area contributed by atoms with E-state index in [1.807, 2.05) is 6.20 Å². The van der Waals surface area contributed by atoms with Gasteiger partial charge in [0.15, 0.2) is 0 Å². The molecule has 3 atom stereocenters. The summed E-state index contributed by atoms with van der Waals surface area (Å²) in [5.74, 6) is 1.35. The van der Waals surface area contributed by atoms with E-state index < -0.39 is 0 Å². The molecule has 14 heavy (non-hydrogen) atoms. The quantitative estimate of drug-likeness (QED) is 0.791. The van der Waals surface area contributed by atoms with Gasteiger partial charge in [-0.2, -0.15) is 5.10 Å². The Morgan fingerprint density at radius 3 is 3.07 bits per heavy atom. The Hall–Kier alpha value is -0.830. The Labute approximate surface area is 85.3 Å². The van der Waals surface area contributed by atoms with Crippen molar-refractivity contribution in [3.05, 3.63) is 18.0 Å². The van der Waals surface area contributed by atoms with Crippen LogP contribution in [0.3, 0.4) is 0 Å². The molecule has 2 rings (SSSR count). The molecule has 1 aromatic rings. The molecule has 1 fully saturated rings. The molecule has 1 aliphatic carbocycles. The van der Waals surface area contributed by atoms with E-state index in [9.17, 15) is 0 Å². The average Bonchev–Trinajstić information content (AvgIpc) is 2.82. The van der Waals surface area contributed by atoms with Crippen LogP contribution in [-0.4, -0.2) is 15.8 Å². The molecular weight excluding hydrogens is 174 g/mol. The van der Waals surface area contributed by atoms with Gasteiger partial charge in [-0.15, -0.1) is 0 Å². The third-order valence-electron chi connectivity index (χ3n) is 3.08. The molecule has 0 radical (unpaired) electrons. The van der Waals surface area contributed by atoms with E-state index >= 15 is 0 Å². The Balaban J connectivity index is 2.07. The van der Waals surface area contributed by atoms with Gasteiger partial charge in [-0.3, -0.25) is 4.68 Å². The molecule has 1 saturated carbocycles. The van der Waals surface area contributed by atoms with Crippen molar-refractivity contribution < 1.29 is 0 Å². The largest absolute Gasteiger partial charge is 0.328 e. The summed E-state index contributed by atoms with van der Waals surface area (Å²) in [5, 5.41) is 4.34. The van der Waals surface area contributed by atoms with Crippen molar-refractivity contribution in [1.29, 1.82) is 0 Å². The topological polar surface area (TPSA) is 43.8 Å². The number of aryl methyl sites for hydroxylation is 1. The number of hydrogen-bond acceptors (Lipinski definition) is 2. The van der Waals surface area contributed by atoms with Crippen molar-refractivity contribution in [2.75, 3.05) is 0 Å². The minimum Gasteiger partial charge on any atom is -0.328 e. The van der Waals surface area contributed by atoms with E-state index in [0.717, 1.165) is 13.0 Å². The fourth-order valence-electron chi connectivity index (χ4n) is 2.19. The lowest BCUT2D eigenvalue weighted by molar-refractivity contribution is 0.556. The molecule has 3 unspecified atom stereocenters. The molecule has 0 aliphatic heterocycles. The molecule has 0 amide bonds. The van der Waals surface area contributed by atoms with Crippen LogP contribution in [0.4, 0.5) is 0 Å². The van der Waals surface area contributed by atoms with Gasteiger partial charge in [0.25, 0.3) is 0 Å². The molecule has 3 nitrogen and oxygen atoms in total. The van der Waals surface area contributed by atoms with E-state index in [2.05, 4.69) is 29.7 Å². The van der Waals surface area contributed by atoms with E-state index in [1.165, 1.54) is 12.1 Å². The second kappa shape index (κ2) is 3.73. The van der Waals surface area contributed by atoms with Crippen LogP contribution in [0.25, 0.3) is 0 Å². The van der Waals surface area contributed by atoms with Gasteiger partial charge in [-0.25, -0.2) is 0 Å². The van der Waals surface area contributed by atoms with Crippen LogP contribution in [0.15, 0.2) is 12.3 Å². The van der Waals surface area contributed by atoms with Gasteiger partial charge in [-0.1, -0.05) is 6.92 Å². The molecule has 3 heteroatoms. The molecule has 78 valence electrons. The van der Waals surface area contributed by atoms with E-state index in [4.69, 9.17) is 5.73 Å². The third kappa shape index (κ3) is 1.69. The summed E-state index contributed by atoms with van der Waals surface area (Å²) in [6.45, 7) is 5.32. The van der Waals surface area contributed by atoms with Crippen molar-refractivity contribution in [2.24, 2.45) is 11.7 Å². The molecule has 0 aromatic carbocycles. The summed E-state index contributed by atoms with van der Waals surface area (Å²) in [6.07, 6.45) is 4.29. The minimum atomic E-state index is 0.324. The summed E-state index contributed by atoms with van der Waals surface area (Å²) in [5.41, 5.74) is 7.27. The van der Waals surface area contributed by atoms with Crippen LogP contribution < -0.4 is 5.73 Å². The van der Waals surface area contributed by atoms with Gasteiger partial charge in [0.1, 0.15) is 0 Å². The SMILES string of the molecule is CCCn1nccc1C1CC1C(C)N. The zero-order valence-corrected chi connectivity index (χ0v) is 8.98. The van der Waals surface area contributed by atoms with Gasteiger partial charge in [0.2, 0.25) is 0 Å². The Morgan fingerprint density at radius 2 is 2.50 bits per heavy atom. The zero-order chi connectivity index (χ0) is 10.1. The lowest BCUT2D eigenvalue weighted by Gasteiger charge is -2.06. The first kappa shape index (κ1) is 9.71. The summed E-state index contributed by atoms with van der Waals surface area (Å²) in [7, 11) is 0. The Bertz CT molecular complexity index is 303. The van der Waals surface area contributed by atoms with Crippen LogP contribution >= 0.6 is 0 Å². The highest BCUT2D eigenvalue weighted by Crippen LogP contribution is 2.48. The van der Waals surface area contributed by atoms with Crippen LogP contribution in [0, 0.1) is 5.92 Å². The first-order chi connectivity index (χ1) is 6.74. The maximum absolute atomic E-state index is 5.89. The monoisotopic (exact) mass is 193 g/mol. The van der Waals surface area contributed by atoms with Gasteiger partial charge in [-0.05, 0) is 31.7 Å². The van der Waals surface area contributed by atoms with Gasteiger partial charge < -0.3 is 5.73 Å². The van der Waals surface area contributed by atoms with E-state index in [-0.39, 0.29) is 0 Å². The second-order valence-corrected chi connectivity index (χ2v) is 4.34. The van der Waals surface area contributed by atoms with E-state index in [0.29, 0.717) is 17.9 Å². The standard InChI is InChI=1S/C11H19N3/c1-3-6-14-11(4-5-13-14)10-7-9(10)8(2)12/h4-5,8-10H,3,6-7,12H2,1-2H3. The first-order valence-corrected chi connectivity index (χ1v) is 5.51. The lowest BCUT2D eigenvalue weighted by Crippen LogP contribution is -2.18. The molecule has 1 aliphatic rings. The molecule has 1 heterocycles. The minimum absolute atomic E-state index is 0.324. The van der Waals surface area contributed by atoms with Crippen molar-refractivity contribution in [3.63, 3.8) is 0 Å². The molecular formula is C11H19N3. The molecule has 2 N–H and O–H groups in total.